The van der Waals surface area contributed by atoms with Gasteiger partial charge in [-0.25, -0.2) is 59.8 Å². The summed E-state index contributed by atoms with van der Waals surface area (Å²) >= 11 is 30.5. The van der Waals surface area contributed by atoms with Gasteiger partial charge in [0, 0.05) is 117 Å². The largest absolute Gasteiger partial charge is 0.394 e. The Morgan fingerprint density at radius 2 is 0.833 bits per heavy atom. The lowest BCUT2D eigenvalue weighted by molar-refractivity contribution is 0.0687. The summed E-state index contributed by atoms with van der Waals surface area (Å²) < 4.78 is 8.14. The smallest absolute Gasteiger partial charge is 0.175 e. The number of anilines is 4. The van der Waals surface area contributed by atoms with Crippen LogP contribution in [0.2, 0.25) is 20.1 Å². The summed E-state index contributed by atoms with van der Waals surface area (Å²) in [6, 6.07) is 23.1. The Bertz CT molecular complexity index is 5060. The van der Waals surface area contributed by atoms with Crippen LogP contribution in [0.5, 0.6) is 0 Å². The Morgan fingerprint density at radius 3 is 1.15 bits per heavy atom. The molecule has 1 saturated heterocycles. The lowest BCUT2D eigenvalue weighted by atomic mass is 10.1. The number of rotatable bonds is 26. The van der Waals surface area contributed by atoms with Crippen molar-refractivity contribution in [2.75, 3.05) is 81.9 Å². The molecule has 0 spiro atoms. The van der Waals surface area contributed by atoms with Gasteiger partial charge in [0.15, 0.2) is 88.6 Å². The minimum Gasteiger partial charge on any atom is -0.394 e. The number of β-amino-alcohol motifs (C(OH)–C–C–N with tert-alkyl or cyclic N) is 1. The highest BCUT2D eigenvalue weighted by atomic mass is 35.5. The van der Waals surface area contributed by atoms with Gasteiger partial charge in [0.2, 0.25) is 0 Å². The van der Waals surface area contributed by atoms with Crippen molar-refractivity contribution >= 4 is 161 Å². The Kier molecular flexibility index (Phi) is 29.2. The maximum Gasteiger partial charge on any atom is 0.175 e. The molecule has 108 heavy (non-hydrogen) atoms. The third-order valence-electron chi connectivity index (χ3n) is 16.9. The molecule has 1 unspecified atom stereocenters. The van der Waals surface area contributed by atoms with Crippen molar-refractivity contribution in [1.82, 2.24) is 98.9 Å². The number of imidazole rings is 4. The molecule has 0 aliphatic carbocycles. The highest BCUT2D eigenvalue weighted by Gasteiger charge is 2.25. The zero-order valence-corrected chi connectivity index (χ0v) is 67.6. The molecule has 9 heterocycles. The first-order valence-electron chi connectivity index (χ1n) is 34.7. The number of aromatic nitrogens is 16. The monoisotopic (exact) mass is 1620 g/mol. The molecule has 1 aliphatic heterocycles. The first-order chi connectivity index (χ1) is 51.5. The van der Waals surface area contributed by atoms with Gasteiger partial charge in [-0.3, -0.25) is 4.90 Å². The first-order valence-corrected chi connectivity index (χ1v) is 39.5. The number of hydrogen-bond donors (Lipinski definition) is 11. The molecule has 0 saturated carbocycles. The quantitative estimate of drug-likeness (QED) is 0.0224. The molecule has 8 aromatic heterocycles. The highest BCUT2D eigenvalue weighted by Crippen LogP contribution is 2.38. The van der Waals surface area contributed by atoms with Gasteiger partial charge in [-0.15, -0.1) is 0 Å². The summed E-state index contributed by atoms with van der Waals surface area (Å²) in [5.74, 6) is 1.46. The summed E-state index contributed by atoms with van der Waals surface area (Å²) in [5, 5.41) is 54.4. The van der Waals surface area contributed by atoms with Crippen LogP contribution in [0, 0.1) is 27.7 Å². The molecule has 36 heteroatoms. The van der Waals surface area contributed by atoms with E-state index in [-0.39, 0.29) is 18.2 Å². The summed E-state index contributed by atoms with van der Waals surface area (Å²) in [5.41, 5.74) is 32.4. The van der Waals surface area contributed by atoms with E-state index in [9.17, 15) is 20.4 Å². The summed E-state index contributed by atoms with van der Waals surface area (Å²) in [6.07, 6.45) is 7.08. The lowest BCUT2D eigenvalue weighted by Gasteiger charge is -2.30. The van der Waals surface area contributed by atoms with E-state index in [2.05, 4.69) is 80.2 Å². The molecular formula is C72H90Cl4N24O4S4. The number of nitrogen functional groups attached to an aromatic ring is 4. The molecule has 1 aliphatic rings. The van der Waals surface area contributed by atoms with Gasteiger partial charge in [0.05, 0.1) is 24.4 Å². The number of hydrogen-bond acceptors (Lipinski definition) is 28. The molecule has 0 bridgehead atoms. The number of aliphatic hydroxyl groups is 4. The van der Waals surface area contributed by atoms with Gasteiger partial charge in [0.25, 0.3) is 0 Å². The third-order valence-corrected chi connectivity index (χ3v) is 22.6. The minimum atomic E-state index is -0.762. The van der Waals surface area contributed by atoms with E-state index in [1.807, 2.05) is 128 Å². The Labute approximate surface area is 663 Å². The van der Waals surface area contributed by atoms with Gasteiger partial charge in [0.1, 0.15) is 25.3 Å². The number of nitrogens with two attached hydrogens (primary N) is 4. The predicted octanol–water partition coefficient (Wildman–Crippen LogP) is 11.2. The van der Waals surface area contributed by atoms with Crippen LogP contribution < -0.4 is 38.9 Å². The van der Waals surface area contributed by atoms with E-state index in [4.69, 9.17) is 74.3 Å². The van der Waals surface area contributed by atoms with Crippen molar-refractivity contribution in [2.45, 2.75) is 165 Å². The van der Waals surface area contributed by atoms with Crippen LogP contribution in [0.15, 0.2) is 138 Å². The summed E-state index contributed by atoms with van der Waals surface area (Å²) in [7, 11) is 0. The van der Waals surface area contributed by atoms with Gasteiger partial charge >= 0.3 is 0 Å². The molecule has 13 rings (SSSR count). The second-order valence-corrected chi connectivity index (χ2v) is 32.8. The fraction of sp³-hybridized carbons (Fsp3) is 0.389. The SMILES string of the molecule is Cc1cc(Cl)ccc1Sc1nc2c(N)ncnc2n1CCN1CCCC(O)C1.Cc1cc(Cl)ccc1Sc1nc2c(N)ncnc2n1CCNC(C)(C)CO.Cc1cc(Cl)ccc1Sc1nc2c(N)ncnc2n1CCNCC(C)(C)O.Cc1cc(Cl)ccc1Sc1nc2c(N)ncnc2n1CCNC[C@H](C)O. The van der Waals surface area contributed by atoms with Crippen molar-refractivity contribution in [3.05, 3.63) is 140 Å². The van der Waals surface area contributed by atoms with Crippen molar-refractivity contribution < 1.29 is 20.4 Å². The normalized spacial score (nSPS) is 13.7. The second-order valence-electron chi connectivity index (χ2n) is 27.1. The number of nitrogens with zero attached hydrogens (tertiary/aromatic N) is 17. The molecule has 28 nitrogen and oxygen atoms in total. The lowest BCUT2D eigenvalue weighted by Crippen LogP contribution is -2.44. The average Bonchev–Trinajstić information content (AvgIpc) is 1.70. The van der Waals surface area contributed by atoms with E-state index in [0.29, 0.717) is 148 Å². The van der Waals surface area contributed by atoms with Crippen LogP contribution in [0.1, 0.15) is 69.7 Å². The van der Waals surface area contributed by atoms with Gasteiger partial charge in [-0.2, -0.15) is 0 Å². The van der Waals surface area contributed by atoms with Crippen LogP contribution in [-0.4, -0.2) is 186 Å². The van der Waals surface area contributed by atoms with Crippen molar-refractivity contribution in [3.8, 4) is 0 Å². The molecular weight excluding hydrogens is 1540 g/mol. The topological polar surface area (TPSA) is 399 Å². The van der Waals surface area contributed by atoms with Crippen molar-refractivity contribution in [3.63, 3.8) is 0 Å². The molecule has 4 aromatic carbocycles. The van der Waals surface area contributed by atoms with Crippen molar-refractivity contribution in [2.24, 2.45) is 0 Å². The number of piperidine rings is 1. The van der Waals surface area contributed by atoms with Crippen LogP contribution in [0.3, 0.4) is 0 Å². The Hall–Kier alpha value is -7.48. The minimum absolute atomic E-state index is 0.0539. The molecule has 15 N–H and O–H groups in total. The first kappa shape index (κ1) is 83.0. The number of aryl methyl sites for hydroxylation is 4. The van der Waals surface area contributed by atoms with Gasteiger partial charge in [-0.1, -0.05) is 93.5 Å². The van der Waals surface area contributed by atoms with Gasteiger partial charge < -0.3 is 77.6 Å². The van der Waals surface area contributed by atoms with Crippen LogP contribution >= 0.6 is 93.5 Å². The van der Waals surface area contributed by atoms with E-state index in [1.54, 1.807) is 67.8 Å². The fourth-order valence-corrected chi connectivity index (χ4v) is 16.1. The molecule has 0 radical (unpaired) electrons. The maximum absolute atomic E-state index is 9.93. The Morgan fingerprint density at radius 1 is 0.500 bits per heavy atom. The Balaban J connectivity index is 0.000000154. The average molecular weight is 1630 g/mol. The van der Waals surface area contributed by atoms with E-state index < -0.39 is 11.7 Å². The van der Waals surface area contributed by atoms with Crippen LogP contribution in [-0.2, 0) is 26.2 Å². The molecule has 0 amide bonds. The van der Waals surface area contributed by atoms with Crippen molar-refractivity contribution in [1.29, 1.82) is 0 Å². The van der Waals surface area contributed by atoms with E-state index in [1.165, 1.54) is 25.3 Å². The standard InChI is InChI=1S/C19H23ClN6OS.2C18H23ClN6OS.C17H21ClN6OS/c1-12-9-13(20)4-5-15(12)28-19-24-16-17(21)22-11-23-18(16)26(19)8-7-25-6-2-3-14(27)10-25;1-11-8-12(19)4-5-13(11)27-17-24-14-15(20)21-10-22-16(14)25(17)7-6-23-18(2,3)9-26;1-11-8-12(19)4-5-13(11)27-17-24-14-15(20)22-10-23-16(14)25(17)7-6-21-9-18(2,3)26;1-10-7-12(18)3-4-13(10)26-17-23-14-15(19)21-9-22-16(14)24(17)6-5-20-8-11(2)25/h4-5,9,11,14,27H,2-3,6-8,10H2,1H3,(H2,21,22,23);4-5,8,10,23,26H,6-7,9H2,1-3H3,(H2,20,21,22);4-5,8,10,21,26H,6-7,9H2,1-3H3,(H2,20,22,23);3-4,7,9,11,20,25H,5-6,8H2,1-2H3,(H2,19,21,22)/t;;;11-/m...0/s1. The molecule has 574 valence electrons. The second kappa shape index (κ2) is 38.0. The number of likely N-dealkylation sites (tertiary alicyclic amines) is 1. The van der Waals surface area contributed by atoms with E-state index >= 15 is 0 Å². The number of fused-ring (bicyclic) bond motifs is 4. The third kappa shape index (κ3) is 22.4. The predicted molar refractivity (Wildman–Crippen MR) is 435 cm³/mol. The number of benzene rings is 4. The molecule has 1 fully saturated rings. The maximum atomic E-state index is 9.93. The fourth-order valence-electron chi connectivity index (χ4n) is 11.3. The highest BCUT2D eigenvalue weighted by molar-refractivity contribution is 8.00. The number of halogens is 4. The zero-order chi connectivity index (χ0) is 77.6. The summed E-state index contributed by atoms with van der Waals surface area (Å²) in [4.78, 5) is 59.0. The van der Waals surface area contributed by atoms with Crippen LogP contribution in [0.25, 0.3) is 44.7 Å². The zero-order valence-electron chi connectivity index (χ0n) is 61.3. The van der Waals surface area contributed by atoms with Crippen LogP contribution in [0.4, 0.5) is 23.3 Å². The number of nitrogens with one attached hydrogen (secondary N) is 3. The summed E-state index contributed by atoms with van der Waals surface area (Å²) in [6.45, 7) is 25.5. The van der Waals surface area contributed by atoms with Gasteiger partial charge in [-0.05, 0) is 177 Å². The molecule has 2 atom stereocenters. The molecule has 12 aromatic rings. The van der Waals surface area contributed by atoms with E-state index in [0.717, 1.165) is 94.0 Å². The number of aliphatic hydroxyl groups excluding tert-OH is 3.